The molecule has 0 saturated carbocycles. The molecule has 2 heterocycles. The highest BCUT2D eigenvalue weighted by Crippen LogP contribution is 2.37. The van der Waals surface area contributed by atoms with Gasteiger partial charge in [-0.3, -0.25) is 9.36 Å². The maximum absolute atomic E-state index is 14.0. The second-order valence-electron chi connectivity index (χ2n) is 9.38. The number of aliphatic carboxylic acids is 1. The van der Waals surface area contributed by atoms with Crippen molar-refractivity contribution in [2.24, 2.45) is 4.99 Å². The first-order valence-electron chi connectivity index (χ1n) is 12.8. The summed E-state index contributed by atoms with van der Waals surface area (Å²) in [5.74, 6) is -0.352. The quantitative estimate of drug-likeness (QED) is 0.302. The molecule has 0 fully saturated rings. The van der Waals surface area contributed by atoms with Crippen LogP contribution in [-0.4, -0.2) is 48.0 Å². The van der Waals surface area contributed by atoms with Gasteiger partial charge >= 0.3 is 11.9 Å². The van der Waals surface area contributed by atoms with E-state index >= 15 is 0 Å². The van der Waals surface area contributed by atoms with Crippen LogP contribution in [0.2, 0.25) is 0 Å². The average Bonchev–Trinajstić information content (AvgIpc) is 3.21. The Labute approximate surface area is 262 Å². The Morgan fingerprint density at radius 1 is 1.17 bits per heavy atom. The number of benzene rings is 2. The lowest BCUT2D eigenvalue weighted by atomic mass is 9.95. The minimum Gasteiger partial charge on any atom is -0.493 e. The van der Waals surface area contributed by atoms with Gasteiger partial charge in [-0.1, -0.05) is 17.4 Å². The first kappa shape index (κ1) is 31.5. The summed E-state index contributed by atoms with van der Waals surface area (Å²) in [5, 5.41) is 8.95. The summed E-state index contributed by atoms with van der Waals surface area (Å²) < 4.78 is 25.1. The predicted molar refractivity (Wildman–Crippen MR) is 164 cm³/mol. The van der Waals surface area contributed by atoms with Gasteiger partial charge in [0.15, 0.2) is 22.9 Å². The van der Waals surface area contributed by atoms with Gasteiger partial charge in [-0.15, -0.1) is 0 Å². The van der Waals surface area contributed by atoms with Gasteiger partial charge in [0.1, 0.15) is 5.75 Å². The summed E-state index contributed by atoms with van der Waals surface area (Å²) in [6.07, 6.45) is 1.61. The molecule has 0 bridgehead atoms. The van der Waals surface area contributed by atoms with Crippen LogP contribution in [0.15, 0.2) is 60.3 Å². The van der Waals surface area contributed by atoms with Crippen molar-refractivity contribution >= 4 is 61.2 Å². The second-order valence-corrected chi connectivity index (χ2v) is 12.1. The normalized spacial score (nSPS) is 14.9. The molecular weight excluding hydrogens is 696 g/mol. The number of carboxylic acids is 1. The molecule has 0 saturated heterocycles. The number of aromatic nitrogens is 1. The van der Waals surface area contributed by atoms with E-state index in [0.29, 0.717) is 52.4 Å². The van der Waals surface area contributed by atoms with E-state index in [2.05, 4.69) is 36.9 Å². The number of fused-ring (bicyclic) bond motifs is 1. The van der Waals surface area contributed by atoms with E-state index in [-0.39, 0.29) is 23.8 Å². The third-order valence-electron chi connectivity index (χ3n) is 6.04. The first-order valence-corrected chi connectivity index (χ1v) is 15.2. The van der Waals surface area contributed by atoms with E-state index in [0.717, 1.165) is 0 Å². The molecule has 1 aromatic heterocycles. The standard InChI is InChI=1S/C29H28Br2N2O8S/c1-6-39-28(37)24-15(4)32-29-33(25(24)17-7-8-20(41-14(2)3)21(12-17)38-5)27(36)22(42-29)11-16-9-18(30)26(19(31)10-16)40-13-23(34)35/h7-12,14,25H,6,13H2,1-5H3,(H,34,35)/b22-11-/t25-/m1/s1. The molecule has 1 N–H and O–H groups in total. The zero-order valence-corrected chi connectivity index (χ0v) is 27.4. The number of rotatable bonds is 10. The van der Waals surface area contributed by atoms with Gasteiger partial charge < -0.3 is 24.1 Å². The van der Waals surface area contributed by atoms with E-state index in [1.54, 1.807) is 50.3 Å². The molecule has 1 atom stereocenters. The molecule has 222 valence electrons. The first-order chi connectivity index (χ1) is 19.9. The minimum atomic E-state index is -1.11. The van der Waals surface area contributed by atoms with Crippen molar-refractivity contribution in [2.45, 2.75) is 39.8 Å². The van der Waals surface area contributed by atoms with Gasteiger partial charge in [0.25, 0.3) is 5.56 Å². The highest BCUT2D eigenvalue weighted by atomic mass is 79.9. The number of carbonyl (C=O) groups excluding carboxylic acids is 1. The fourth-order valence-electron chi connectivity index (χ4n) is 4.40. The largest absolute Gasteiger partial charge is 0.493 e. The van der Waals surface area contributed by atoms with E-state index < -0.39 is 24.6 Å². The Kier molecular flexibility index (Phi) is 9.95. The Hall–Kier alpha value is -3.42. The maximum atomic E-state index is 14.0. The number of halogens is 2. The number of carbonyl (C=O) groups is 2. The lowest BCUT2D eigenvalue weighted by Crippen LogP contribution is -2.40. The Balaban J connectivity index is 1.89. The molecule has 10 nitrogen and oxygen atoms in total. The fourth-order valence-corrected chi connectivity index (χ4v) is 6.90. The van der Waals surface area contributed by atoms with Gasteiger partial charge in [-0.05, 0) is 101 Å². The van der Waals surface area contributed by atoms with Crippen LogP contribution < -0.4 is 29.1 Å². The predicted octanol–water partition coefficient (Wildman–Crippen LogP) is 4.58. The number of carboxylic acid groups (broad SMARTS) is 1. The van der Waals surface area contributed by atoms with Gasteiger partial charge in [-0.2, -0.15) is 0 Å². The molecule has 4 rings (SSSR count). The number of hydrogen-bond acceptors (Lipinski definition) is 9. The lowest BCUT2D eigenvalue weighted by Gasteiger charge is -2.25. The van der Waals surface area contributed by atoms with Gasteiger partial charge in [0, 0.05) is 0 Å². The second kappa shape index (κ2) is 13.3. The molecule has 1 aliphatic rings. The van der Waals surface area contributed by atoms with Crippen molar-refractivity contribution in [1.82, 2.24) is 4.57 Å². The summed E-state index contributed by atoms with van der Waals surface area (Å²) in [7, 11) is 1.53. The number of allylic oxidation sites excluding steroid dienone is 1. The van der Waals surface area contributed by atoms with Crippen LogP contribution in [0.5, 0.6) is 17.2 Å². The molecule has 0 unspecified atom stereocenters. The van der Waals surface area contributed by atoms with Crippen LogP contribution >= 0.6 is 43.2 Å². The van der Waals surface area contributed by atoms with Gasteiger partial charge in [0.05, 0.1) is 50.6 Å². The van der Waals surface area contributed by atoms with E-state index in [1.807, 2.05) is 13.8 Å². The van der Waals surface area contributed by atoms with Crippen molar-refractivity contribution in [3.8, 4) is 17.2 Å². The van der Waals surface area contributed by atoms with E-state index in [1.165, 1.54) is 23.0 Å². The summed E-state index contributed by atoms with van der Waals surface area (Å²) >= 11 is 8.01. The number of esters is 1. The van der Waals surface area contributed by atoms with E-state index in [4.69, 9.17) is 24.1 Å². The number of thiazole rings is 1. The third-order valence-corrected chi connectivity index (χ3v) is 8.20. The topological polar surface area (TPSA) is 126 Å². The Bertz CT molecular complexity index is 1740. The van der Waals surface area contributed by atoms with Crippen LogP contribution in [0.4, 0.5) is 0 Å². The van der Waals surface area contributed by atoms with Crippen LogP contribution in [0.3, 0.4) is 0 Å². The van der Waals surface area contributed by atoms with Crippen LogP contribution in [0.1, 0.15) is 44.9 Å². The smallest absolute Gasteiger partial charge is 0.341 e. The number of hydrogen-bond donors (Lipinski definition) is 1. The highest BCUT2D eigenvalue weighted by molar-refractivity contribution is 9.11. The molecule has 1 aliphatic heterocycles. The summed E-state index contributed by atoms with van der Waals surface area (Å²) in [6, 6.07) is 7.91. The van der Waals surface area contributed by atoms with Crippen LogP contribution in [0.25, 0.3) is 6.08 Å². The zero-order valence-electron chi connectivity index (χ0n) is 23.4. The lowest BCUT2D eigenvalue weighted by molar-refractivity contribution is -0.140. The summed E-state index contributed by atoms with van der Waals surface area (Å²) in [5.41, 5.74) is 1.62. The fraction of sp³-hybridized carbons (Fsp3) is 0.310. The molecular formula is C29H28Br2N2O8S. The zero-order chi connectivity index (χ0) is 30.7. The van der Waals surface area contributed by atoms with Crippen LogP contribution in [0, 0.1) is 0 Å². The van der Waals surface area contributed by atoms with Gasteiger partial charge in [0.2, 0.25) is 0 Å². The van der Waals surface area contributed by atoms with Crippen molar-refractivity contribution in [3.63, 3.8) is 0 Å². The number of nitrogens with zero attached hydrogens (tertiary/aromatic N) is 2. The Morgan fingerprint density at radius 3 is 2.45 bits per heavy atom. The minimum absolute atomic E-state index is 0.0856. The Morgan fingerprint density at radius 2 is 1.86 bits per heavy atom. The number of ether oxygens (including phenoxy) is 4. The molecule has 2 aromatic carbocycles. The molecule has 0 spiro atoms. The summed E-state index contributed by atoms with van der Waals surface area (Å²) in [4.78, 5) is 43.1. The molecule has 0 aliphatic carbocycles. The molecule has 0 radical (unpaired) electrons. The van der Waals surface area contributed by atoms with Crippen molar-refractivity contribution < 1.29 is 33.6 Å². The SMILES string of the molecule is CCOC(=O)C1=C(C)N=c2s/c(=C\c3cc(Br)c(OCC(=O)O)c(Br)c3)c(=O)n2[C@@H]1c1ccc(OC(C)C)c(OC)c1. The van der Waals surface area contributed by atoms with Gasteiger partial charge in [-0.25, -0.2) is 14.6 Å². The molecule has 13 heteroatoms. The highest BCUT2D eigenvalue weighted by Gasteiger charge is 2.34. The average molecular weight is 724 g/mol. The molecule has 3 aromatic rings. The van der Waals surface area contributed by atoms with Crippen molar-refractivity contribution in [2.75, 3.05) is 20.3 Å². The van der Waals surface area contributed by atoms with Crippen molar-refractivity contribution in [1.29, 1.82) is 0 Å². The monoisotopic (exact) mass is 722 g/mol. The third kappa shape index (κ3) is 6.63. The molecule has 0 amide bonds. The van der Waals surface area contributed by atoms with Crippen molar-refractivity contribution in [3.05, 3.63) is 81.4 Å². The van der Waals surface area contributed by atoms with E-state index in [9.17, 15) is 14.4 Å². The maximum Gasteiger partial charge on any atom is 0.341 e. The number of methoxy groups -OCH3 is 1. The molecule has 42 heavy (non-hydrogen) atoms. The van der Waals surface area contributed by atoms with Crippen LogP contribution in [-0.2, 0) is 14.3 Å². The summed E-state index contributed by atoms with van der Waals surface area (Å²) in [6.45, 7) is 6.90.